The minimum atomic E-state index is -0.595. The monoisotopic (exact) mass is 469 g/mol. The lowest BCUT2D eigenvalue weighted by Gasteiger charge is -2.52. The number of primary amides is 1. The zero-order valence-electron chi connectivity index (χ0n) is 20.5. The molecular formula is C25H35N5O4. The van der Waals surface area contributed by atoms with Crippen molar-refractivity contribution in [3.63, 3.8) is 0 Å². The van der Waals surface area contributed by atoms with E-state index < -0.39 is 11.5 Å². The first kappa shape index (κ1) is 24.1. The molecule has 184 valence electrons. The molecule has 9 nitrogen and oxygen atoms in total. The highest BCUT2D eigenvalue weighted by molar-refractivity contribution is 6.03. The van der Waals surface area contributed by atoms with Gasteiger partial charge in [-0.25, -0.2) is 9.48 Å². The molecule has 2 fully saturated rings. The maximum absolute atomic E-state index is 12.6. The van der Waals surface area contributed by atoms with Gasteiger partial charge in [0.25, 0.3) is 5.91 Å². The van der Waals surface area contributed by atoms with Gasteiger partial charge in [-0.1, -0.05) is 24.3 Å². The first-order valence-electron chi connectivity index (χ1n) is 11.8. The van der Waals surface area contributed by atoms with Gasteiger partial charge in [0.05, 0.1) is 12.6 Å². The van der Waals surface area contributed by atoms with E-state index in [0.717, 1.165) is 36.8 Å². The van der Waals surface area contributed by atoms with E-state index in [0.29, 0.717) is 31.2 Å². The first-order valence-corrected chi connectivity index (χ1v) is 11.8. The van der Waals surface area contributed by atoms with Gasteiger partial charge in [-0.3, -0.25) is 4.79 Å². The number of methoxy groups -OCH3 is 1. The average molecular weight is 470 g/mol. The Kier molecular flexibility index (Phi) is 6.33. The van der Waals surface area contributed by atoms with E-state index in [1.54, 1.807) is 11.8 Å². The Labute approximate surface area is 200 Å². The van der Waals surface area contributed by atoms with Crippen molar-refractivity contribution >= 4 is 17.8 Å². The van der Waals surface area contributed by atoms with Crippen LogP contribution in [-0.2, 0) is 16.1 Å². The van der Waals surface area contributed by atoms with Gasteiger partial charge >= 0.3 is 6.09 Å². The number of hydrogen-bond donors (Lipinski definition) is 2. The number of hydrogen-bond acceptors (Lipinski definition) is 6. The first-order chi connectivity index (χ1) is 16.0. The summed E-state index contributed by atoms with van der Waals surface area (Å²) in [7, 11) is 1.64. The Morgan fingerprint density at radius 3 is 2.47 bits per heavy atom. The van der Waals surface area contributed by atoms with Crippen molar-refractivity contribution in [1.82, 2.24) is 14.7 Å². The van der Waals surface area contributed by atoms with E-state index in [1.807, 2.05) is 49.9 Å². The number of nitrogens with two attached hydrogens (primary N) is 2. The summed E-state index contributed by atoms with van der Waals surface area (Å²) in [6.45, 7) is 7.51. The molecule has 9 heteroatoms. The summed E-state index contributed by atoms with van der Waals surface area (Å²) >= 11 is 0. The highest BCUT2D eigenvalue weighted by Crippen LogP contribution is 2.54. The predicted molar refractivity (Wildman–Crippen MR) is 129 cm³/mol. The lowest BCUT2D eigenvalue weighted by Crippen LogP contribution is -2.53. The Hall–Kier alpha value is -3.07. The number of amides is 2. The van der Waals surface area contributed by atoms with Crippen molar-refractivity contribution in [3.05, 3.63) is 35.4 Å². The quantitative estimate of drug-likeness (QED) is 0.687. The molecule has 0 radical (unpaired) electrons. The second-order valence-corrected chi connectivity index (χ2v) is 10.6. The maximum atomic E-state index is 12.6. The highest BCUT2D eigenvalue weighted by atomic mass is 16.6. The summed E-state index contributed by atoms with van der Waals surface area (Å²) in [5.41, 5.74) is 14.1. The minimum absolute atomic E-state index is 0.0209. The van der Waals surface area contributed by atoms with Crippen LogP contribution in [0.1, 0.15) is 68.4 Å². The van der Waals surface area contributed by atoms with E-state index in [2.05, 4.69) is 0 Å². The Bertz CT molecular complexity index is 1060. The lowest BCUT2D eigenvalue weighted by atomic mass is 9.61. The lowest BCUT2D eigenvalue weighted by molar-refractivity contribution is -0.0360. The van der Waals surface area contributed by atoms with Gasteiger partial charge in [0.1, 0.15) is 22.7 Å². The number of nitrogen functional groups attached to an aromatic ring is 1. The van der Waals surface area contributed by atoms with Gasteiger partial charge in [-0.2, -0.15) is 5.10 Å². The fourth-order valence-corrected chi connectivity index (χ4v) is 5.23. The van der Waals surface area contributed by atoms with Crippen LogP contribution >= 0.6 is 0 Å². The van der Waals surface area contributed by atoms with Gasteiger partial charge < -0.3 is 25.8 Å². The summed E-state index contributed by atoms with van der Waals surface area (Å²) in [6.07, 6.45) is 3.39. The number of carbonyl (C=O) groups excluding carboxylic acids is 2. The number of anilines is 1. The number of ether oxygens (including phenoxy) is 2. The standard InChI is InChI=1S/C25H35N5O4/c1-24(2,3)34-23(32)29-11-5-10-25(15-29)12-18(13-25)30-21(26)19(22(27)31)20(28-30)17-8-6-16(7-9-17)14-33-4/h6-9,18H,5,10-15,26H2,1-4H3,(H2,27,31). The SMILES string of the molecule is COCc1ccc(-c2nn(C3CC4(CCCN(C(=O)OC(C)(C)C)C4)C3)c(N)c2C(N)=O)cc1. The van der Waals surface area contributed by atoms with Crippen LogP contribution < -0.4 is 11.5 Å². The van der Waals surface area contributed by atoms with Crippen molar-refractivity contribution in [2.45, 2.75) is 64.7 Å². The molecule has 1 aliphatic carbocycles. The molecule has 2 heterocycles. The molecule has 1 aromatic carbocycles. The van der Waals surface area contributed by atoms with Crippen LogP contribution in [0.4, 0.5) is 10.6 Å². The van der Waals surface area contributed by atoms with Crippen LogP contribution in [0.3, 0.4) is 0 Å². The number of benzene rings is 1. The van der Waals surface area contributed by atoms with Gasteiger partial charge in [0.2, 0.25) is 0 Å². The fraction of sp³-hybridized carbons (Fsp3) is 0.560. The molecule has 1 aromatic heterocycles. The maximum Gasteiger partial charge on any atom is 0.410 e. The van der Waals surface area contributed by atoms with Gasteiger partial charge in [-0.15, -0.1) is 0 Å². The molecule has 2 aromatic rings. The number of nitrogens with zero attached hydrogens (tertiary/aromatic N) is 3. The zero-order valence-corrected chi connectivity index (χ0v) is 20.5. The van der Waals surface area contributed by atoms with Gasteiger partial charge in [0.15, 0.2) is 0 Å². The molecule has 1 aliphatic heterocycles. The van der Waals surface area contributed by atoms with E-state index in [9.17, 15) is 9.59 Å². The molecule has 0 atom stereocenters. The second-order valence-electron chi connectivity index (χ2n) is 10.6. The van der Waals surface area contributed by atoms with E-state index in [1.165, 1.54) is 0 Å². The largest absolute Gasteiger partial charge is 0.444 e. The summed E-state index contributed by atoms with van der Waals surface area (Å²) in [5, 5.41) is 4.73. The number of rotatable bonds is 5. The molecule has 2 amide bonds. The van der Waals surface area contributed by atoms with Crippen LogP contribution in [0, 0.1) is 5.41 Å². The number of aromatic nitrogens is 2. The zero-order chi connectivity index (χ0) is 24.7. The average Bonchev–Trinajstić information content (AvgIpc) is 3.08. The summed E-state index contributed by atoms with van der Waals surface area (Å²) in [5.74, 6) is -0.300. The molecule has 0 unspecified atom stereocenters. The molecule has 34 heavy (non-hydrogen) atoms. The number of likely N-dealkylation sites (tertiary alicyclic amines) is 1. The van der Waals surface area contributed by atoms with Crippen molar-refractivity contribution in [1.29, 1.82) is 0 Å². The summed E-state index contributed by atoms with van der Waals surface area (Å²) in [6, 6.07) is 7.72. The third kappa shape index (κ3) is 4.75. The van der Waals surface area contributed by atoms with Crippen LogP contribution in [-0.4, -0.2) is 52.5 Å². The van der Waals surface area contributed by atoms with E-state index in [-0.39, 0.29) is 23.1 Å². The topological polar surface area (TPSA) is 126 Å². The Morgan fingerprint density at radius 2 is 1.88 bits per heavy atom. The normalized spacial score (nSPS) is 22.5. The highest BCUT2D eigenvalue weighted by Gasteiger charge is 2.49. The van der Waals surface area contributed by atoms with Crippen LogP contribution in [0.15, 0.2) is 24.3 Å². The predicted octanol–water partition coefficient (Wildman–Crippen LogP) is 3.73. The molecule has 1 saturated carbocycles. The molecule has 1 spiro atoms. The smallest absolute Gasteiger partial charge is 0.410 e. The third-order valence-corrected chi connectivity index (χ3v) is 6.73. The van der Waals surface area contributed by atoms with Gasteiger partial charge in [0, 0.05) is 25.8 Å². The molecular weight excluding hydrogens is 434 g/mol. The summed E-state index contributed by atoms with van der Waals surface area (Å²) in [4.78, 5) is 26.7. The molecule has 0 bridgehead atoms. The van der Waals surface area contributed by atoms with Crippen LogP contribution in [0.5, 0.6) is 0 Å². The number of carbonyl (C=O) groups is 2. The van der Waals surface area contributed by atoms with E-state index in [4.69, 9.17) is 26.0 Å². The Morgan fingerprint density at radius 1 is 1.21 bits per heavy atom. The van der Waals surface area contributed by atoms with Crippen molar-refractivity contribution in [2.24, 2.45) is 11.1 Å². The second kappa shape index (κ2) is 8.94. The molecule has 1 saturated heterocycles. The Balaban J connectivity index is 1.52. The minimum Gasteiger partial charge on any atom is -0.444 e. The van der Waals surface area contributed by atoms with Crippen molar-refractivity contribution in [3.8, 4) is 11.3 Å². The molecule has 4 N–H and O–H groups in total. The molecule has 4 rings (SSSR count). The van der Waals surface area contributed by atoms with Crippen LogP contribution in [0.25, 0.3) is 11.3 Å². The van der Waals surface area contributed by atoms with E-state index >= 15 is 0 Å². The third-order valence-electron chi connectivity index (χ3n) is 6.73. The summed E-state index contributed by atoms with van der Waals surface area (Å²) < 4.78 is 12.5. The molecule has 2 aliphatic rings. The fourth-order valence-electron chi connectivity index (χ4n) is 5.23. The van der Waals surface area contributed by atoms with Crippen molar-refractivity contribution in [2.75, 3.05) is 25.9 Å². The van der Waals surface area contributed by atoms with Crippen molar-refractivity contribution < 1.29 is 19.1 Å². The van der Waals surface area contributed by atoms with Crippen LogP contribution in [0.2, 0.25) is 0 Å². The van der Waals surface area contributed by atoms with Gasteiger partial charge in [-0.05, 0) is 57.4 Å². The number of piperidine rings is 1.